The highest BCUT2D eigenvalue weighted by Crippen LogP contribution is 2.29. The van der Waals surface area contributed by atoms with Gasteiger partial charge in [0.1, 0.15) is 42.7 Å². The van der Waals surface area contributed by atoms with Crippen LogP contribution >= 0.6 is 0 Å². The number of hydrogen-bond acceptors (Lipinski definition) is 13. The lowest BCUT2D eigenvalue weighted by atomic mass is 9.80. The summed E-state index contributed by atoms with van der Waals surface area (Å²) in [4.78, 5) is 40.3. The van der Waals surface area contributed by atoms with Crippen LogP contribution in [-0.2, 0) is 23.8 Å². The number of nitriles is 1. The molecule has 15 heteroatoms. The van der Waals surface area contributed by atoms with Crippen molar-refractivity contribution in [3.05, 3.63) is 24.2 Å². The van der Waals surface area contributed by atoms with Crippen LogP contribution in [0.15, 0.2) is 18.5 Å². The number of esters is 2. The van der Waals surface area contributed by atoms with E-state index in [2.05, 4.69) is 15.4 Å². The molecular formula is C27H38N6O9. The number of hydrogen-bond donors (Lipinski definition) is 5. The summed E-state index contributed by atoms with van der Waals surface area (Å²) in [5, 5.41) is 48.0. The van der Waals surface area contributed by atoms with Crippen LogP contribution in [-0.4, -0.2) is 85.2 Å². The van der Waals surface area contributed by atoms with E-state index >= 15 is 0 Å². The third-order valence-corrected chi connectivity index (χ3v) is 7.00. The van der Waals surface area contributed by atoms with Gasteiger partial charge in [-0.25, -0.2) is 14.3 Å². The highest BCUT2D eigenvalue weighted by Gasteiger charge is 2.36. The minimum Gasteiger partial charge on any atom is -0.463 e. The fourth-order valence-electron chi connectivity index (χ4n) is 4.56. The zero-order valence-corrected chi connectivity index (χ0v) is 23.9. The number of nitrogens with zero attached hydrogens (tertiary/aromatic N) is 4. The van der Waals surface area contributed by atoms with Crippen LogP contribution in [0.25, 0.3) is 5.52 Å². The monoisotopic (exact) mass is 590 g/mol. The summed E-state index contributed by atoms with van der Waals surface area (Å²) in [6.07, 6.45) is -1.02. The smallest absolute Gasteiger partial charge is 0.415 e. The third kappa shape index (κ3) is 8.35. The lowest BCUT2D eigenvalue weighted by Crippen LogP contribution is -2.45. The lowest BCUT2D eigenvalue weighted by molar-refractivity contribution is -0.161. The van der Waals surface area contributed by atoms with E-state index in [1.165, 1.54) is 16.6 Å². The van der Waals surface area contributed by atoms with Gasteiger partial charge >= 0.3 is 18.0 Å². The number of aromatic nitrogens is 3. The van der Waals surface area contributed by atoms with Crippen LogP contribution in [0.2, 0.25) is 0 Å². The Bertz CT molecular complexity index is 1300. The average Bonchev–Trinajstić information content (AvgIpc) is 3.36. The maximum atomic E-state index is 12.3. The predicted octanol–water partition coefficient (Wildman–Crippen LogP) is 1.11. The summed E-state index contributed by atoms with van der Waals surface area (Å²) in [6, 6.07) is 4.76. The molecule has 0 bridgehead atoms. The van der Waals surface area contributed by atoms with E-state index in [1.54, 1.807) is 20.8 Å². The van der Waals surface area contributed by atoms with Gasteiger partial charge in [0, 0.05) is 5.54 Å². The number of carbonyl (C=O) groups excluding carboxylic acids is 3. The second-order valence-electron chi connectivity index (χ2n) is 11.5. The van der Waals surface area contributed by atoms with Crippen molar-refractivity contribution in [2.45, 2.75) is 89.1 Å². The number of anilines is 1. The Morgan fingerprint density at radius 1 is 1.12 bits per heavy atom. The Balaban J connectivity index is 1.61. The minimum atomic E-state index is -1.86. The molecule has 0 spiro atoms. The first kappa shape index (κ1) is 32.7. The topological polar surface area (TPSA) is 232 Å². The van der Waals surface area contributed by atoms with Crippen LogP contribution < -0.4 is 11.1 Å². The van der Waals surface area contributed by atoms with E-state index in [0.717, 1.165) is 25.6 Å². The summed E-state index contributed by atoms with van der Waals surface area (Å²) in [6.45, 7) is 3.70. The van der Waals surface area contributed by atoms with Crippen LogP contribution in [0.1, 0.15) is 70.9 Å². The van der Waals surface area contributed by atoms with Gasteiger partial charge in [-0.2, -0.15) is 10.4 Å². The molecule has 2 aromatic rings. The summed E-state index contributed by atoms with van der Waals surface area (Å²) in [5.74, 6) is -2.60. The summed E-state index contributed by atoms with van der Waals surface area (Å²) in [7, 11) is 0. The molecule has 1 aliphatic carbocycles. The molecular weight excluding hydrogens is 552 g/mol. The molecule has 1 amide bonds. The Labute approximate surface area is 242 Å². The third-order valence-electron chi connectivity index (χ3n) is 7.00. The number of fused-ring (bicyclic) bond motifs is 1. The normalized spacial score (nSPS) is 17.8. The van der Waals surface area contributed by atoms with Crippen LogP contribution in [0, 0.1) is 16.7 Å². The summed E-state index contributed by atoms with van der Waals surface area (Å²) >= 11 is 0. The highest BCUT2D eigenvalue weighted by molar-refractivity contribution is 5.88. The quantitative estimate of drug-likeness (QED) is 0.182. The Kier molecular flexibility index (Phi) is 10.8. The van der Waals surface area contributed by atoms with Gasteiger partial charge in [0.25, 0.3) is 0 Å². The first-order chi connectivity index (χ1) is 19.8. The SMILES string of the molecule is CC(C)(C)C(=O)OCOC(=O)Nc1ncnn2c(C(C#N)[C@H](O)[C@H](O)[C@H](O)COC(=O)CC3(N)CCCCC3)ccc12. The second-order valence-corrected chi connectivity index (χ2v) is 11.5. The number of nitrogens with two attached hydrogens (primary N) is 1. The van der Waals surface area contributed by atoms with Gasteiger partial charge in [-0.1, -0.05) is 19.3 Å². The molecule has 230 valence electrons. The van der Waals surface area contributed by atoms with Gasteiger partial charge in [0.05, 0.1) is 23.6 Å². The van der Waals surface area contributed by atoms with Crippen molar-refractivity contribution in [1.29, 1.82) is 5.26 Å². The summed E-state index contributed by atoms with van der Waals surface area (Å²) in [5.41, 5.74) is 5.15. The van der Waals surface area contributed by atoms with Crippen molar-refractivity contribution in [1.82, 2.24) is 14.6 Å². The first-order valence-electron chi connectivity index (χ1n) is 13.6. The van der Waals surface area contributed by atoms with Crippen molar-refractivity contribution in [2.24, 2.45) is 11.1 Å². The predicted molar refractivity (Wildman–Crippen MR) is 145 cm³/mol. The lowest BCUT2D eigenvalue weighted by Gasteiger charge is -2.32. The number of ether oxygens (including phenoxy) is 3. The molecule has 2 heterocycles. The Morgan fingerprint density at radius 3 is 2.45 bits per heavy atom. The summed E-state index contributed by atoms with van der Waals surface area (Å²) < 4.78 is 16.1. The molecule has 2 aromatic heterocycles. The first-order valence-corrected chi connectivity index (χ1v) is 13.6. The van der Waals surface area contributed by atoms with Gasteiger partial charge in [0.2, 0.25) is 6.79 Å². The van der Waals surface area contributed by atoms with Gasteiger partial charge in [-0.05, 0) is 45.7 Å². The van der Waals surface area contributed by atoms with E-state index in [9.17, 15) is 35.0 Å². The fraction of sp³-hybridized carbons (Fsp3) is 0.630. The molecule has 15 nitrogen and oxygen atoms in total. The number of aliphatic hydroxyl groups excluding tert-OH is 3. The number of rotatable bonds is 11. The molecule has 0 aliphatic heterocycles. The zero-order valence-electron chi connectivity index (χ0n) is 23.9. The van der Waals surface area contributed by atoms with E-state index in [1.807, 2.05) is 6.07 Å². The fourth-order valence-corrected chi connectivity index (χ4v) is 4.56. The molecule has 0 saturated heterocycles. The Hall–Kier alpha value is -3.84. The molecule has 3 rings (SSSR count). The minimum absolute atomic E-state index is 0.0160. The van der Waals surface area contributed by atoms with E-state index < -0.39 is 66.6 Å². The van der Waals surface area contributed by atoms with Gasteiger partial charge in [-0.15, -0.1) is 0 Å². The van der Waals surface area contributed by atoms with Gasteiger partial charge in [-0.3, -0.25) is 14.9 Å². The Morgan fingerprint density at radius 2 is 1.81 bits per heavy atom. The zero-order chi connectivity index (χ0) is 31.1. The molecule has 1 aliphatic rings. The molecule has 0 aromatic carbocycles. The van der Waals surface area contributed by atoms with Crippen LogP contribution in [0.5, 0.6) is 0 Å². The average molecular weight is 591 g/mol. The van der Waals surface area contributed by atoms with E-state index in [-0.39, 0.29) is 23.4 Å². The van der Waals surface area contributed by atoms with Crippen molar-refractivity contribution in [3.63, 3.8) is 0 Å². The van der Waals surface area contributed by atoms with E-state index in [4.69, 9.17) is 19.9 Å². The number of carbonyl (C=O) groups is 3. The molecule has 1 unspecified atom stereocenters. The molecule has 1 saturated carbocycles. The largest absolute Gasteiger partial charge is 0.463 e. The maximum absolute atomic E-state index is 12.3. The standard InChI is InChI=1S/C27H38N6O9/c1-26(2,3)24(38)41-15-42-25(39)32-23-18-8-7-17(33(18)31-14-30-23)16(12-28)21(36)22(37)19(34)13-40-20(35)11-27(29)9-5-4-6-10-27/h7-8,14,16,19,21-22,34,36-37H,4-6,9-11,13,15,29H2,1-3H3,(H,30,31,32,39)/t16?,19-,21+,22-/m1/s1. The highest BCUT2D eigenvalue weighted by atomic mass is 16.7. The molecule has 6 N–H and O–H groups in total. The number of nitrogens with one attached hydrogen (secondary N) is 1. The van der Waals surface area contributed by atoms with Crippen molar-refractivity contribution < 1.29 is 43.9 Å². The van der Waals surface area contributed by atoms with Crippen molar-refractivity contribution >= 4 is 29.4 Å². The van der Waals surface area contributed by atoms with Gasteiger partial charge < -0.3 is 35.3 Å². The number of amides is 1. The van der Waals surface area contributed by atoms with Crippen LogP contribution in [0.4, 0.5) is 10.6 Å². The van der Waals surface area contributed by atoms with Crippen molar-refractivity contribution in [2.75, 3.05) is 18.7 Å². The number of aliphatic hydroxyl groups is 3. The van der Waals surface area contributed by atoms with Crippen molar-refractivity contribution in [3.8, 4) is 6.07 Å². The molecule has 0 radical (unpaired) electrons. The van der Waals surface area contributed by atoms with E-state index in [0.29, 0.717) is 12.8 Å². The van der Waals surface area contributed by atoms with Crippen LogP contribution in [0.3, 0.4) is 0 Å². The maximum Gasteiger partial charge on any atom is 0.415 e. The van der Waals surface area contributed by atoms with Gasteiger partial charge in [0.15, 0.2) is 5.82 Å². The molecule has 42 heavy (non-hydrogen) atoms. The second kappa shape index (κ2) is 13.9. The molecule has 1 fully saturated rings. The molecule has 4 atom stereocenters.